The third-order valence-electron chi connectivity index (χ3n) is 0.588. The molecule has 0 aliphatic heterocycles. The molecular formula is C3H10N2O4. The van der Waals surface area contributed by atoms with Crippen LogP contribution in [0, 0.1) is 0 Å². The minimum absolute atomic E-state index is 0. The van der Waals surface area contributed by atoms with Crippen molar-refractivity contribution in [2.75, 3.05) is 6.54 Å². The van der Waals surface area contributed by atoms with Gasteiger partial charge in [-0.05, 0) is 6.92 Å². The van der Waals surface area contributed by atoms with Gasteiger partial charge in [0.05, 0.1) is 0 Å². The van der Waals surface area contributed by atoms with Crippen LogP contribution in [-0.2, 0) is 4.89 Å². The smallest absolute Gasteiger partial charge is 0.344 e. The summed E-state index contributed by atoms with van der Waals surface area (Å²) in [5, 5.41) is 16.1. The Morgan fingerprint density at radius 3 is 2.33 bits per heavy atom. The molecule has 0 aliphatic rings. The molecule has 56 valence electrons. The summed E-state index contributed by atoms with van der Waals surface area (Å²) in [6, 6.07) is 0. The second-order valence-electron chi connectivity index (χ2n) is 1.07. The predicted octanol–water partition coefficient (Wildman–Crippen LogP) is 0.469. The maximum absolute atomic E-state index is 9.95. The molecule has 0 aromatic carbocycles. The van der Waals surface area contributed by atoms with Crippen molar-refractivity contribution in [1.29, 1.82) is 0 Å². The number of hydrogen-bond acceptors (Lipinski definition) is 5. The molecule has 0 spiro atoms. The van der Waals surface area contributed by atoms with E-state index in [1.54, 1.807) is 0 Å². The molecule has 0 fully saturated rings. The number of hydrogen-bond donors (Lipinski definition) is 3. The molecule has 0 radical (unpaired) electrons. The molecular weight excluding hydrogens is 128 g/mol. The summed E-state index contributed by atoms with van der Waals surface area (Å²) in [5.41, 5.74) is 0. The van der Waals surface area contributed by atoms with E-state index in [0.29, 0.717) is 0 Å². The quantitative estimate of drug-likeness (QED) is 0.277. The fraction of sp³-hybridized carbons (Fsp3) is 0.667. The lowest BCUT2D eigenvalue weighted by atomic mass is 10.7. The highest BCUT2D eigenvalue weighted by molar-refractivity contribution is 5.64. The van der Waals surface area contributed by atoms with Crippen LogP contribution in [0.2, 0.25) is 0 Å². The number of rotatable bonds is 1. The van der Waals surface area contributed by atoms with Crippen LogP contribution in [0.4, 0.5) is 4.79 Å². The van der Waals surface area contributed by atoms with Gasteiger partial charge in [-0.3, -0.25) is 10.1 Å². The van der Waals surface area contributed by atoms with Gasteiger partial charge in [0.2, 0.25) is 0 Å². The molecule has 5 N–H and O–H groups in total. The first kappa shape index (κ1) is 11.0. The largest absolute Gasteiger partial charge is 0.464 e. The van der Waals surface area contributed by atoms with E-state index in [4.69, 9.17) is 10.5 Å². The van der Waals surface area contributed by atoms with Crippen LogP contribution >= 0.6 is 0 Å². The molecule has 6 nitrogen and oxygen atoms in total. The van der Waals surface area contributed by atoms with Crippen molar-refractivity contribution in [2.45, 2.75) is 6.92 Å². The van der Waals surface area contributed by atoms with E-state index < -0.39 is 6.09 Å². The molecule has 0 heterocycles. The zero-order valence-corrected chi connectivity index (χ0v) is 5.07. The predicted molar refractivity (Wildman–Crippen MR) is 28.3 cm³/mol. The first-order valence-electron chi connectivity index (χ1n) is 2.04. The fourth-order valence-electron chi connectivity index (χ4n) is 0.176. The van der Waals surface area contributed by atoms with Crippen LogP contribution in [0.1, 0.15) is 6.92 Å². The van der Waals surface area contributed by atoms with Crippen LogP contribution in [-0.4, -0.2) is 28.2 Å². The third-order valence-corrected chi connectivity index (χ3v) is 0.588. The molecule has 0 rings (SSSR count). The molecule has 0 saturated heterocycles. The molecule has 0 bridgehead atoms. The van der Waals surface area contributed by atoms with E-state index in [9.17, 15) is 4.79 Å². The molecule has 0 aromatic rings. The summed E-state index contributed by atoms with van der Waals surface area (Å²) < 4.78 is 0. The Kier molecular flexibility index (Phi) is 6.47. The Bertz CT molecular complexity index is 85.9. The number of hydroxylamine groups is 2. The van der Waals surface area contributed by atoms with Crippen molar-refractivity contribution >= 4 is 6.09 Å². The Morgan fingerprint density at radius 2 is 2.22 bits per heavy atom. The minimum atomic E-state index is -1.17. The number of nitrogens with zero attached hydrogens (tertiary/aromatic N) is 1. The average molecular weight is 138 g/mol. The molecule has 0 aromatic heterocycles. The first-order chi connectivity index (χ1) is 3.72. The monoisotopic (exact) mass is 138 g/mol. The van der Waals surface area contributed by atoms with Crippen LogP contribution in [0.25, 0.3) is 0 Å². The zero-order chi connectivity index (χ0) is 6.57. The highest BCUT2D eigenvalue weighted by atomic mass is 17.1. The van der Waals surface area contributed by atoms with Gasteiger partial charge in [-0.25, -0.2) is 4.79 Å². The summed E-state index contributed by atoms with van der Waals surface area (Å²) in [6.45, 7) is 1.61. The van der Waals surface area contributed by atoms with E-state index in [0.717, 1.165) is 0 Å². The minimum Gasteiger partial charge on any atom is -0.344 e. The summed E-state index contributed by atoms with van der Waals surface area (Å²) in [5.74, 6) is 0. The number of carbonyl (C=O) groups excluding carboxylic acids is 1. The van der Waals surface area contributed by atoms with Gasteiger partial charge >= 0.3 is 6.09 Å². The maximum atomic E-state index is 9.95. The second-order valence-corrected chi connectivity index (χ2v) is 1.07. The second kappa shape index (κ2) is 5.29. The average Bonchev–Trinajstić information content (AvgIpc) is 1.84. The fourth-order valence-corrected chi connectivity index (χ4v) is 0.176. The number of carbonyl (C=O) groups is 1. The van der Waals surface area contributed by atoms with Gasteiger partial charge in [0.25, 0.3) is 0 Å². The van der Waals surface area contributed by atoms with Crippen LogP contribution in [0.15, 0.2) is 0 Å². The van der Waals surface area contributed by atoms with Crippen molar-refractivity contribution in [3.05, 3.63) is 0 Å². The van der Waals surface area contributed by atoms with Gasteiger partial charge < -0.3 is 6.15 Å². The normalized spacial score (nSPS) is 7.44. The molecule has 6 heteroatoms. The Morgan fingerprint density at radius 1 is 1.78 bits per heavy atom. The van der Waals surface area contributed by atoms with E-state index in [1.807, 2.05) is 0 Å². The summed E-state index contributed by atoms with van der Waals surface area (Å²) in [7, 11) is 0. The van der Waals surface area contributed by atoms with Gasteiger partial charge in [0, 0.05) is 6.54 Å². The van der Waals surface area contributed by atoms with Gasteiger partial charge in [-0.15, -0.1) is 0 Å². The van der Waals surface area contributed by atoms with E-state index in [2.05, 4.69) is 4.89 Å². The van der Waals surface area contributed by atoms with Crippen molar-refractivity contribution in [3.63, 3.8) is 0 Å². The summed E-state index contributed by atoms with van der Waals surface area (Å²) in [6.07, 6.45) is -1.17. The van der Waals surface area contributed by atoms with Crippen LogP contribution in [0.5, 0.6) is 0 Å². The first-order valence-corrected chi connectivity index (χ1v) is 2.04. The van der Waals surface area contributed by atoms with E-state index >= 15 is 0 Å². The lowest BCUT2D eigenvalue weighted by molar-refractivity contribution is -0.214. The lowest BCUT2D eigenvalue weighted by Crippen LogP contribution is -2.26. The summed E-state index contributed by atoms with van der Waals surface area (Å²) in [4.78, 5) is 13.1. The molecule has 0 saturated carbocycles. The standard InChI is InChI=1S/C3H7NO4.H3N/c1-2-4(6)3(5)8-7;/h6-7H,2H2,1H3;1H3. The van der Waals surface area contributed by atoms with Crippen molar-refractivity contribution in [3.8, 4) is 0 Å². The van der Waals surface area contributed by atoms with E-state index in [1.165, 1.54) is 6.92 Å². The molecule has 0 aliphatic carbocycles. The van der Waals surface area contributed by atoms with Gasteiger partial charge in [0.1, 0.15) is 0 Å². The van der Waals surface area contributed by atoms with Crippen LogP contribution < -0.4 is 6.15 Å². The Labute approximate surface area is 52.1 Å². The molecule has 1 amide bonds. The van der Waals surface area contributed by atoms with Crippen molar-refractivity contribution in [2.24, 2.45) is 0 Å². The molecule has 0 atom stereocenters. The van der Waals surface area contributed by atoms with Gasteiger partial charge in [0.15, 0.2) is 0 Å². The highest BCUT2D eigenvalue weighted by Gasteiger charge is 2.07. The third kappa shape index (κ3) is 3.71. The Hall–Kier alpha value is -0.850. The van der Waals surface area contributed by atoms with Crippen molar-refractivity contribution < 1.29 is 20.1 Å². The number of amides is 1. The summed E-state index contributed by atoms with van der Waals surface area (Å²) >= 11 is 0. The van der Waals surface area contributed by atoms with Crippen LogP contribution in [0.3, 0.4) is 0 Å². The SMILES string of the molecule is CCN(O)C(=O)OO.N. The van der Waals surface area contributed by atoms with E-state index in [-0.39, 0.29) is 17.8 Å². The zero-order valence-electron chi connectivity index (χ0n) is 5.07. The lowest BCUT2D eigenvalue weighted by Gasteiger charge is -2.06. The van der Waals surface area contributed by atoms with Gasteiger partial charge in [-0.1, -0.05) is 0 Å². The molecule has 9 heavy (non-hydrogen) atoms. The topological polar surface area (TPSA) is 105 Å². The van der Waals surface area contributed by atoms with Crippen molar-refractivity contribution in [1.82, 2.24) is 11.2 Å². The maximum Gasteiger partial charge on any atom is 0.464 e. The highest BCUT2D eigenvalue weighted by Crippen LogP contribution is 1.83. The van der Waals surface area contributed by atoms with Gasteiger partial charge in [-0.2, -0.15) is 10.3 Å². The molecule has 0 unspecified atom stereocenters. The Balaban J connectivity index is 0.